The smallest absolute Gasteiger partial charge is 0.208 e. The highest BCUT2D eigenvalue weighted by Crippen LogP contribution is 2.39. The number of nitrogens with one attached hydrogen (secondary N) is 2. The summed E-state index contributed by atoms with van der Waals surface area (Å²) in [6, 6.07) is 41.1. The molecule has 0 bridgehead atoms. The highest BCUT2D eigenvalue weighted by Gasteiger charge is 2.41. The lowest BCUT2D eigenvalue weighted by molar-refractivity contribution is 0.140. The second-order valence-corrected chi connectivity index (χ2v) is 11.0. The Hall–Kier alpha value is -5.70. The minimum atomic E-state index is -1.86. The molecule has 0 spiro atoms. The molecule has 8 heteroatoms. The molecule has 4 N–H and O–H groups in total. The van der Waals surface area contributed by atoms with Crippen molar-refractivity contribution in [3.8, 4) is 0 Å². The maximum absolute atomic E-state index is 12.8. The van der Waals surface area contributed by atoms with Crippen LogP contribution in [0.25, 0.3) is 0 Å². The van der Waals surface area contributed by atoms with Crippen LogP contribution < -0.4 is 10.6 Å². The van der Waals surface area contributed by atoms with E-state index in [-0.39, 0.29) is 11.4 Å². The molecule has 228 valence electrons. The van der Waals surface area contributed by atoms with Crippen LogP contribution in [0.3, 0.4) is 0 Å². The van der Waals surface area contributed by atoms with Crippen molar-refractivity contribution in [2.24, 2.45) is 20.4 Å². The molecule has 1 aliphatic heterocycles. The second-order valence-electron chi connectivity index (χ2n) is 11.0. The molecule has 0 aromatic heterocycles. The van der Waals surface area contributed by atoms with Crippen molar-refractivity contribution in [2.75, 3.05) is 10.6 Å². The molecule has 5 aromatic rings. The predicted molar refractivity (Wildman–Crippen MR) is 187 cm³/mol. The minimum absolute atomic E-state index is 0.261. The standard InChI is InChI=1S/C38H34N6O2/c1-27-23-24-33-34(28(27)2)42-38(46,32-21-13-6-14-22-32)36(30-17-9-4-10-18-30)44-40-26-25-39-43-35(29-15-7-3-8-16-29)37(45,41-33)31-19-11-5-12-20-31/h3-26,41-42,45-46H,1-2H3/b39-25+,40-26+,43-35-,44-36-. The number of anilines is 2. The number of fused-ring (bicyclic) bond motifs is 1. The van der Waals surface area contributed by atoms with E-state index in [0.717, 1.165) is 11.1 Å². The van der Waals surface area contributed by atoms with Gasteiger partial charge in [-0.25, -0.2) is 0 Å². The van der Waals surface area contributed by atoms with Gasteiger partial charge >= 0.3 is 0 Å². The van der Waals surface area contributed by atoms with Gasteiger partial charge in [-0.1, -0.05) is 127 Å². The van der Waals surface area contributed by atoms with E-state index >= 15 is 0 Å². The summed E-state index contributed by atoms with van der Waals surface area (Å²) < 4.78 is 0. The van der Waals surface area contributed by atoms with Crippen molar-refractivity contribution in [1.82, 2.24) is 0 Å². The number of rotatable bonds is 4. The Morgan fingerprint density at radius 2 is 0.913 bits per heavy atom. The van der Waals surface area contributed by atoms with E-state index in [4.69, 9.17) is 0 Å². The van der Waals surface area contributed by atoms with Crippen LogP contribution in [0, 0.1) is 13.8 Å². The van der Waals surface area contributed by atoms with E-state index in [2.05, 4.69) is 31.0 Å². The molecule has 0 radical (unpaired) electrons. The molecule has 0 saturated heterocycles. The maximum atomic E-state index is 12.8. The number of nitrogens with zero attached hydrogens (tertiary/aromatic N) is 4. The Labute approximate surface area is 268 Å². The lowest BCUT2D eigenvalue weighted by Gasteiger charge is -2.36. The first-order valence-corrected chi connectivity index (χ1v) is 14.9. The number of aryl methyl sites for hydroxylation is 1. The van der Waals surface area contributed by atoms with Crippen molar-refractivity contribution in [3.05, 3.63) is 167 Å². The molecule has 0 fully saturated rings. The lowest BCUT2D eigenvalue weighted by atomic mass is 9.90. The Morgan fingerprint density at radius 3 is 1.37 bits per heavy atom. The highest BCUT2D eigenvalue weighted by atomic mass is 16.3. The van der Waals surface area contributed by atoms with Crippen LogP contribution in [0.4, 0.5) is 11.4 Å². The lowest BCUT2D eigenvalue weighted by Crippen LogP contribution is -2.46. The van der Waals surface area contributed by atoms with Crippen LogP contribution in [-0.2, 0) is 11.4 Å². The van der Waals surface area contributed by atoms with Crippen LogP contribution in [-0.4, -0.2) is 34.1 Å². The first-order chi connectivity index (χ1) is 22.4. The molecule has 2 unspecified atom stereocenters. The van der Waals surface area contributed by atoms with Crippen LogP contribution in [0.5, 0.6) is 0 Å². The van der Waals surface area contributed by atoms with Gasteiger partial charge in [-0.15, -0.1) is 10.2 Å². The molecule has 1 heterocycles. The SMILES string of the molecule is Cc1ccc2c(c1C)NC(O)(c1ccccc1)\C(c1ccccc1)=N/N=C/C=N/N=C(/c1ccccc1)C(O)(c1ccccc1)N2. The second kappa shape index (κ2) is 13.1. The van der Waals surface area contributed by atoms with Gasteiger partial charge in [0, 0.05) is 22.3 Å². The summed E-state index contributed by atoms with van der Waals surface area (Å²) in [7, 11) is 0. The van der Waals surface area contributed by atoms with Crippen molar-refractivity contribution < 1.29 is 10.2 Å². The Bertz CT molecular complexity index is 1930. The van der Waals surface area contributed by atoms with E-state index in [9.17, 15) is 10.2 Å². The fraction of sp³-hybridized carbons (Fsp3) is 0.105. The third kappa shape index (κ3) is 5.99. The van der Waals surface area contributed by atoms with Gasteiger partial charge in [0.2, 0.25) is 11.4 Å². The Balaban J connectivity index is 1.65. The summed E-state index contributed by atoms with van der Waals surface area (Å²) in [4.78, 5) is 0. The average Bonchev–Trinajstić information content (AvgIpc) is 3.10. The van der Waals surface area contributed by atoms with E-state index < -0.39 is 11.4 Å². The number of aliphatic hydroxyl groups is 2. The molecule has 2 atom stereocenters. The predicted octanol–water partition coefficient (Wildman–Crippen LogP) is 6.78. The molecule has 1 aliphatic rings. The zero-order chi connectivity index (χ0) is 32.0. The highest BCUT2D eigenvalue weighted by molar-refractivity contribution is 6.17. The van der Waals surface area contributed by atoms with Crippen LogP contribution in [0.15, 0.2) is 154 Å². The molecule has 5 aromatic carbocycles. The van der Waals surface area contributed by atoms with Gasteiger partial charge in [-0.05, 0) is 31.0 Å². The number of benzene rings is 5. The fourth-order valence-corrected chi connectivity index (χ4v) is 5.46. The van der Waals surface area contributed by atoms with E-state index in [1.165, 1.54) is 12.4 Å². The normalized spacial score (nSPS) is 23.6. The third-order valence-corrected chi connectivity index (χ3v) is 8.04. The van der Waals surface area contributed by atoms with Crippen molar-refractivity contribution in [3.63, 3.8) is 0 Å². The quantitative estimate of drug-likeness (QED) is 0.181. The summed E-state index contributed by atoms with van der Waals surface area (Å²) in [6.45, 7) is 3.96. The maximum Gasteiger partial charge on any atom is 0.208 e. The molecule has 0 amide bonds. The third-order valence-electron chi connectivity index (χ3n) is 8.04. The van der Waals surface area contributed by atoms with Crippen molar-refractivity contribution >= 4 is 35.2 Å². The van der Waals surface area contributed by atoms with E-state index in [1.807, 2.05) is 147 Å². The summed E-state index contributed by atoms with van der Waals surface area (Å²) in [5.74, 6) is 0. The number of hydrogen-bond acceptors (Lipinski definition) is 8. The molecule has 0 saturated carbocycles. The van der Waals surface area contributed by atoms with Crippen LogP contribution >= 0.6 is 0 Å². The van der Waals surface area contributed by atoms with E-state index in [1.54, 1.807) is 0 Å². The summed E-state index contributed by atoms with van der Waals surface area (Å²) >= 11 is 0. The summed E-state index contributed by atoms with van der Waals surface area (Å²) in [5.41, 5.74) is 2.12. The van der Waals surface area contributed by atoms with Gasteiger partial charge in [0.25, 0.3) is 0 Å². The van der Waals surface area contributed by atoms with Crippen LogP contribution in [0.2, 0.25) is 0 Å². The van der Waals surface area contributed by atoms with Gasteiger partial charge in [0.05, 0.1) is 23.8 Å². The Morgan fingerprint density at radius 1 is 0.500 bits per heavy atom. The molecule has 46 heavy (non-hydrogen) atoms. The van der Waals surface area contributed by atoms with Crippen molar-refractivity contribution in [2.45, 2.75) is 25.3 Å². The first kappa shape index (κ1) is 30.3. The first-order valence-electron chi connectivity index (χ1n) is 14.9. The van der Waals surface area contributed by atoms with E-state index in [0.29, 0.717) is 33.6 Å². The monoisotopic (exact) mass is 606 g/mol. The van der Waals surface area contributed by atoms with Gasteiger partial charge in [-0.2, -0.15) is 10.2 Å². The topological polar surface area (TPSA) is 114 Å². The fourth-order valence-electron chi connectivity index (χ4n) is 5.46. The summed E-state index contributed by atoms with van der Waals surface area (Å²) in [5, 5.41) is 50.2. The van der Waals surface area contributed by atoms with Gasteiger partial charge < -0.3 is 20.8 Å². The molecule has 0 aliphatic carbocycles. The van der Waals surface area contributed by atoms with Gasteiger partial charge in [-0.3, -0.25) is 0 Å². The zero-order valence-electron chi connectivity index (χ0n) is 25.5. The zero-order valence-corrected chi connectivity index (χ0v) is 25.5. The number of hydrogen-bond donors (Lipinski definition) is 4. The molecule has 8 nitrogen and oxygen atoms in total. The largest absolute Gasteiger partial charge is 0.362 e. The van der Waals surface area contributed by atoms with Gasteiger partial charge in [0.15, 0.2) is 0 Å². The average molecular weight is 607 g/mol. The van der Waals surface area contributed by atoms with Crippen molar-refractivity contribution in [1.29, 1.82) is 0 Å². The molecular weight excluding hydrogens is 572 g/mol. The van der Waals surface area contributed by atoms with Gasteiger partial charge in [0.1, 0.15) is 11.4 Å². The van der Waals surface area contributed by atoms with Crippen LogP contribution in [0.1, 0.15) is 33.4 Å². The molecular formula is C38H34N6O2. The molecule has 6 rings (SSSR count). The summed E-state index contributed by atoms with van der Waals surface area (Å²) in [6.07, 6.45) is 2.78. The Kier molecular flexibility index (Phi) is 8.65. The minimum Gasteiger partial charge on any atom is -0.362 e.